The van der Waals surface area contributed by atoms with Crippen molar-refractivity contribution in [2.45, 2.75) is 30.8 Å². The number of hydrogen-bond donors (Lipinski definition) is 1. The Balaban J connectivity index is 2.04. The van der Waals surface area contributed by atoms with Gasteiger partial charge in [-0.05, 0) is 31.5 Å². The SMILES string of the molecule is C=CCn1cnnc1S[C@@H](C)C(=O)Nc1cccc(Cl)c1C. The van der Waals surface area contributed by atoms with E-state index in [1.54, 1.807) is 18.5 Å². The number of hydrogen-bond acceptors (Lipinski definition) is 4. The molecule has 1 aromatic carbocycles. The molecule has 0 aliphatic heterocycles. The maximum atomic E-state index is 12.3. The highest BCUT2D eigenvalue weighted by Crippen LogP contribution is 2.25. The Bertz CT molecular complexity index is 686. The zero-order chi connectivity index (χ0) is 16.1. The van der Waals surface area contributed by atoms with E-state index < -0.39 is 0 Å². The number of halogens is 1. The maximum absolute atomic E-state index is 12.3. The standard InChI is InChI=1S/C15H17ClN4OS/c1-4-8-20-9-17-19-15(20)22-11(3)14(21)18-13-7-5-6-12(16)10(13)2/h4-7,9,11H,1,8H2,2-3H3,(H,18,21)/t11-/m0/s1. The first-order chi connectivity index (χ1) is 10.5. The van der Waals surface area contributed by atoms with E-state index in [-0.39, 0.29) is 11.2 Å². The smallest absolute Gasteiger partial charge is 0.237 e. The van der Waals surface area contributed by atoms with E-state index in [0.717, 1.165) is 11.3 Å². The molecule has 5 nitrogen and oxygen atoms in total. The second kappa shape index (κ2) is 7.47. The van der Waals surface area contributed by atoms with E-state index >= 15 is 0 Å². The number of benzene rings is 1. The van der Waals surface area contributed by atoms with Crippen LogP contribution in [0, 0.1) is 6.92 Å². The van der Waals surface area contributed by atoms with Crippen LogP contribution in [0.25, 0.3) is 0 Å². The number of amides is 1. The summed E-state index contributed by atoms with van der Waals surface area (Å²) in [5, 5.41) is 11.8. The number of nitrogens with zero attached hydrogens (tertiary/aromatic N) is 3. The summed E-state index contributed by atoms with van der Waals surface area (Å²) in [6.45, 7) is 7.99. The third-order valence-corrected chi connectivity index (χ3v) is 4.59. The van der Waals surface area contributed by atoms with Crippen LogP contribution in [0.1, 0.15) is 12.5 Å². The maximum Gasteiger partial charge on any atom is 0.237 e. The van der Waals surface area contributed by atoms with Crippen LogP contribution in [0.2, 0.25) is 5.02 Å². The van der Waals surface area contributed by atoms with Crippen LogP contribution in [-0.2, 0) is 11.3 Å². The van der Waals surface area contributed by atoms with Crippen molar-refractivity contribution < 1.29 is 4.79 Å². The summed E-state index contributed by atoms with van der Waals surface area (Å²) in [5.41, 5.74) is 1.57. The number of nitrogens with one attached hydrogen (secondary N) is 1. The summed E-state index contributed by atoms with van der Waals surface area (Å²) in [7, 11) is 0. The average Bonchev–Trinajstić information content (AvgIpc) is 2.91. The minimum absolute atomic E-state index is 0.108. The molecule has 0 spiro atoms. The van der Waals surface area contributed by atoms with Gasteiger partial charge in [0.25, 0.3) is 0 Å². The van der Waals surface area contributed by atoms with Gasteiger partial charge < -0.3 is 9.88 Å². The van der Waals surface area contributed by atoms with Crippen molar-refractivity contribution in [2.24, 2.45) is 0 Å². The Morgan fingerprint density at radius 3 is 3.09 bits per heavy atom. The van der Waals surface area contributed by atoms with Gasteiger partial charge in [-0.15, -0.1) is 16.8 Å². The molecule has 116 valence electrons. The molecule has 1 atom stereocenters. The quantitative estimate of drug-likeness (QED) is 0.647. The molecule has 0 bridgehead atoms. The molecule has 0 unspecified atom stereocenters. The summed E-state index contributed by atoms with van der Waals surface area (Å²) in [6.07, 6.45) is 3.38. The fraction of sp³-hybridized carbons (Fsp3) is 0.267. The number of allylic oxidation sites excluding steroid dienone is 1. The molecule has 0 aliphatic carbocycles. The zero-order valence-corrected chi connectivity index (χ0v) is 14.0. The van der Waals surface area contributed by atoms with Gasteiger partial charge in [0.2, 0.25) is 5.91 Å². The average molecular weight is 337 g/mol. The molecule has 1 aromatic heterocycles. The van der Waals surface area contributed by atoms with Crippen LogP contribution in [0.15, 0.2) is 42.3 Å². The topological polar surface area (TPSA) is 59.8 Å². The van der Waals surface area contributed by atoms with Crippen molar-refractivity contribution in [3.05, 3.63) is 47.8 Å². The molecule has 2 rings (SSSR count). The lowest BCUT2D eigenvalue weighted by molar-refractivity contribution is -0.115. The van der Waals surface area contributed by atoms with Gasteiger partial charge in [0.1, 0.15) is 6.33 Å². The van der Waals surface area contributed by atoms with Crippen molar-refractivity contribution in [3.63, 3.8) is 0 Å². The van der Waals surface area contributed by atoms with E-state index in [4.69, 9.17) is 11.6 Å². The predicted octanol–water partition coefficient (Wildman–Crippen LogP) is 3.55. The summed E-state index contributed by atoms with van der Waals surface area (Å²) in [5.74, 6) is -0.108. The molecule has 1 amide bonds. The molecule has 0 aliphatic rings. The van der Waals surface area contributed by atoms with Crippen molar-refractivity contribution in [2.75, 3.05) is 5.32 Å². The lowest BCUT2D eigenvalue weighted by atomic mass is 10.2. The van der Waals surface area contributed by atoms with Gasteiger partial charge in [-0.1, -0.05) is 35.5 Å². The summed E-state index contributed by atoms with van der Waals surface area (Å²) < 4.78 is 1.84. The lowest BCUT2D eigenvalue weighted by Crippen LogP contribution is -2.23. The van der Waals surface area contributed by atoms with Crippen LogP contribution >= 0.6 is 23.4 Å². The number of rotatable bonds is 6. The third-order valence-electron chi connectivity index (χ3n) is 3.08. The minimum atomic E-state index is -0.314. The molecule has 22 heavy (non-hydrogen) atoms. The van der Waals surface area contributed by atoms with E-state index in [0.29, 0.717) is 16.7 Å². The predicted molar refractivity (Wildman–Crippen MR) is 90.4 cm³/mol. The normalized spacial score (nSPS) is 12.0. The Labute approximate surface area is 138 Å². The Hall–Kier alpha value is -1.79. The fourth-order valence-corrected chi connectivity index (χ4v) is 2.80. The van der Waals surface area contributed by atoms with E-state index in [9.17, 15) is 4.79 Å². The molecular formula is C15H17ClN4OS. The third kappa shape index (κ3) is 3.90. The van der Waals surface area contributed by atoms with E-state index in [2.05, 4.69) is 22.1 Å². The first kappa shape index (κ1) is 16.6. The van der Waals surface area contributed by atoms with Gasteiger partial charge in [0.05, 0.1) is 5.25 Å². The van der Waals surface area contributed by atoms with Gasteiger partial charge in [0, 0.05) is 17.3 Å². The van der Waals surface area contributed by atoms with Gasteiger partial charge >= 0.3 is 0 Å². The van der Waals surface area contributed by atoms with Gasteiger partial charge in [-0.2, -0.15) is 0 Å². The summed E-state index contributed by atoms with van der Waals surface area (Å²) in [4.78, 5) is 12.3. The molecule has 2 aromatic rings. The molecule has 1 N–H and O–H groups in total. The number of aromatic nitrogens is 3. The molecule has 7 heteroatoms. The van der Waals surface area contributed by atoms with Crippen molar-refractivity contribution >= 4 is 35.0 Å². The van der Waals surface area contributed by atoms with Crippen molar-refractivity contribution in [1.82, 2.24) is 14.8 Å². The van der Waals surface area contributed by atoms with Crippen LogP contribution < -0.4 is 5.32 Å². The van der Waals surface area contributed by atoms with E-state index in [1.165, 1.54) is 11.8 Å². The highest BCUT2D eigenvalue weighted by molar-refractivity contribution is 8.00. The van der Waals surface area contributed by atoms with Crippen LogP contribution in [0.4, 0.5) is 5.69 Å². The highest BCUT2D eigenvalue weighted by atomic mass is 35.5. The first-order valence-corrected chi connectivity index (χ1v) is 8.00. The highest BCUT2D eigenvalue weighted by Gasteiger charge is 2.18. The zero-order valence-electron chi connectivity index (χ0n) is 12.4. The Morgan fingerprint density at radius 2 is 2.36 bits per heavy atom. The molecule has 0 fully saturated rings. The summed E-state index contributed by atoms with van der Waals surface area (Å²) >= 11 is 7.41. The number of carbonyl (C=O) groups is 1. The summed E-state index contributed by atoms with van der Waals surface area (Å²) in [6, 6.07) is 5.43. The molecule has 0 saturated carbocycles. The first-order valence-electron chi connectivity index (χ1n) is 6.74. The minimum Gasteiger partial charge on any atom is -0.325 e. The Morgan fingerprint density at radius 1 is 1.59 bits per heavy atom. The monoisotopic (exact) mass is 336 g/mol. The number of anilines is 1. The second-order valence-corrected chi connectivity index (χ2v) is 6.43. The van der Waals surface area contributed by atoms with Gasteiger partial charge in [-0.25, -0.2) is 0 Å². The molecule has 1 heterocycles. The van der Waals surface area contributed by atoms with Gasteiger partial charge in [0.15, 0.2) is 5.16 Å². The second-order valence-electron chi connectivity index (χ2n) is 4.72. The lowest BCUT2D eigenvalue weighted by Gasteiger charge is -2.14. The number of thioether (sulfide) groups is 1. The van der Waals surface area contributed by atoms with Gasteiger partial charge in [-0.3, -0.25) is 4.79 Å². The van der Waals surface area contributed by atoms with Crippen molar-refractivity contribution in [1.29, 1.82) is 0 Å². The van der Waals surface area contributed by atoms with Crippen molar-refractivity contribution in [3.8, 4) is 0 Å². The largest absolute Gasteiger partial charge is 0.325 e. The number of carbonyl (C=O) groups excluding carboxylic acids is 1. The van der Waals surface area contributed by atoms with Crippen LogP contribution in [0.3, 0.4) is 0 Å². The van der Waals surface area contributed by atoms with Crippen LogP contribution in [-0.4, -0.2) is 25.9 Å². The van der Waals surface area contributed by atoms with E-state index in [1.807, 2.05) is 30.5 Å². The fourth-order valence-electron chi connectivity index (χ4n) is 1.79. The Kier molecular flexibility index (Phi) is 5.63. The van der Waals surface area contributed by atoms with Crippen LogP contribution in [0.5, 0.6) is 0 Å². The molecule has 0 radical (unpaired) electrons. The molecular weight excluding hydrogens is 320 g/mol. The molecule has 0 saturated heterocycles.